The fourth-order valence-electron chi connectivity index (χ4n) is 0.438. The van der Waals surface area contributed by atoms with Crippen LogP contribution < -0.4 is 0 Å². The average Bonchev–Trinajstić information content (AvgIpc) is 2.19. The van der Waals surface area contributed by atoms with Gasteiger partial charge in [-0.15, -0.1) is 0 Å². The van der Waals surface area contributed by atoms with Crippen LogP contribution >= 0.6 is 0 Å². The van der Waals surface area contributed by atoms with E-state index in [9.17, 15) is 4.79 Å². The second-order valence-corrected chi connectivity index (χ2v) is 1.33. The van der Waals surface area contributed by atoms with Crippen LogP contribution in [0.3, 0.4) is 0 Å². The van der Waals surface area contributed by atoms with Crippen LogP contribution in [-0.4, -0.2) is 16.1 Å². The fourth-order valence-corrected chi connectivity index (χ4v) is 0.438. The molecule has 41 valence electrons. The van der Waals surface area contributed by atoms with Gasteiger partial charge in [-0.2, -0.15) is 5.10 Å². The Balaban J connectivity index is 2.62. The zero-order valence-corrected chi connectivity index (χ0v) is 4.24. The SMILES string of the molecule is O=CCn1cc[c]n1. The number of rotatable bonds is 2. The Labute approximate surface area is 46.9 Å². The molecule has 0 fully saturated rings. The second-order valence-electron chi connectivity index (χ2n) is 1.33. The summed E-state index contributed by atoms with van der Waals surface area (Å²) in [7, 11) is 0. The fraction of sp³-hybridized carbons (Fsp3) is 0.200. The molecule has 3 nitrogen and oxygen atoms in total. The first kappa shape index (κ1) is 5.03. The highest BCUT2D eigenvalue weighted by Gasteiger charge is 1.83. The molecule has 1 aromatic heterocycles. The maximum atomic E-state index is 9.80. The third-order valence-electron chi connectivity index (χ3n) is 0.769. The molecule has 1 radical (unpaired) electrons. The molecule has 0 saturated heterocycles. The van der Waals surface area contributed by atoms with Gasteiger partial charge in [0.1, 0.15) is 12.5 Å². The van der Waals surface area contributed by atoms with Crippen LogP contribution in [0, 0.1) is 6.20 Å². The van der Waals surface area contributed by atoms with Gasteiger partial charge in [-0.1, -0.05) is 0 Å². The standard InChI is InChI=1S/C5H5N2O/c8-5-4-7-3-1-2-6-7/h1,3,5H,4H2. The molecular weight excluding hydrogens is 104 g/mol. The highest BCUT2D eigenvalue weighted by molar-refractivity contribution is 5.48. The van der Waals surface area contributed by atoms with E-state index < -0.39 is 0 Å². The summed E-state index contributed by atoms with van der Waals surface area (Å²) in [6.07, 6.45) is 5.05. The maximum Gasteiger partial charge on any atom is 0.141 e. The van der Waals surface area contributed by atoms with Crippen molar-refractivity contribution in [2.45, 2.75) is 6.54 Å². The van der Waals surface area contributed by atoms with E-state index in [0.717, 1.165) is 6.29 Å². The summed E-state index contributed by atoms with van der Waals surface area (Å²) in [6.45, 7) is 0.323. The van der Waals surface area contributed by atoms with Crippen LogP contribution in [0.15, 0.2) is 12.3 Å². The lowest BCUT2D eigenvalue weighted by atomic mass is 10.7. The number of aldehydes is 1. The average molecular weight is 109 g/mol. The molecule has 0 unspecified atom stereocenters. The van der Waals surface area contributed by atoms with Crippen molar-refractivity contribution in [1.29, 1.82) is 0 Å². The highest BCUT2D eigenvalue weighted by Crippen LogP contribution is 1.78. The van der Waals surface area contributed by atoms with Crippen molar-refractivity contribution < 1.29 is 4.79 Å². The summed E-state index contributed by atoms with van der Waals surface area (Å²) in [4.78, 5) is 9.80. The highest BCUT2D eigenvalue weighted by atomic mass is 16.1. The van der Waals surface area contributed by atoms with Gasteiger partial charge in [-0.25, -0.2) is 0 Å². The Bertz CT molecular complexity index is 157. The van der Waals surface area contributed by atoms with Gasteiger partial charge < -0.3 is 4.79 Å². The molecule has 1 heterocycles. The first-order valence-corrected chi connectivity index (χ1v) is 2.26. The van der Waals surface area contributed by atoms with Gasteiger partial charge in [0.25, 0.3) is 0 Å². The molecule has 0 bridgehead atoms. The van der Waals surface area contributed by atoms with E-state index in [2.05, 4.69) is 11.3 Å². The first-order chi connectivity index (χ1) is 3.93. The van der Waals surface area contributed by atoms with E-state index in [0.29, 0.717) is 6.54 Å². The third-order valence-corrected chi connectivity index (χ3v) is 0.769. The van der Waals surface area contributed by atoms with Crippen LogP contribution in [0.1, 0.15) is 0 Å². The summed E-state index contributed by atoms with van der Waals surface area (Å²) in [5.74, 6) is 0. The zero-order valence-electron chi connectivity index (χ0n) is 4.24. The molecule has 3 heteroatoms. The zero-order chi connectivity index (χ0) is 5.82. The Kier molecular flexibility index (Phi) is 1.42. The van der Waals surface area contributed by atoms with E-state index in [1.54, 1.807) is 12.3 Å². The number of hydrogen-bond donors (Lipinski definition) is 0. The largest absolute Gasteiger partial charge is 0.301 e. The van der Waals surface area contributed by atoms with Crippen LogP contribution in [-0.2, 0) is 11.3 Å². The first-order valence-electron chi connectivity index (χ1n) is 2.26. The van der Waals surface area contributed by atoms with Crippen molar-refractivity contribution in [1.82, 2.24) is 9.78 Å². The number of carbonyl (C=O) groups is 1. The summed E-state index contributed by atoms with van der Waals surface area (Å²) < 4.78 is 1.51. The van der Waals surface area contributed by atoms with Crippen molar-refractivity contribution in [3.63, 3.8) is 0 Å². The minimum atomic E-state index is 0.323. The lowest BCUT2D eigenvalue weighted by Gasteiger charge is -1.86. The summed E-state index contributed by atoms with van der Waals surface area (Å²) in [5.41, 5.74) is 0. The van der Waals surface area contributed by atoms with Gasteiger partial charge in [0.05, 0.1) is 6.54 Å². The van der Waals surface area contributed by atoms with Crippen molar-refractivity contribution in [3.05, 3.63) is 18.5 Å². The summed E-state index contributed by atoms with van der Waals surface area (Å²) in [6, 6.07) is 1.66. The molecule has 0 atom stereocenters. The lowest BCUT2D eigenvalue weighted by molar-refractivity contribution is -0.108. The van der Waals surface area contributed by atoms with Crippen LogP contribution in [0.25, 0.3) is 0 Å². The van der Waals surface area contributed by atoms with Crippen LogP contribution in [0.5, 0.6) is 0 Å². The van der Waals surface area contributed by atoms with Crippen molar-refractivity contribution in [2.75, 3.05) is 0 Å². The Morgan fingerprint density at radius 1 is 1.88 bits per heavy atom. The van der Waals surface area contributed by atoms with Gasteiger partial charge in [-0.3, -0.25) is 4.68 Å². The molecular formula is C5H5N2O. The van der Waals surface area contributed by atoms with Gasteiger partial charge in [0, 0.05) is 6.20 Å². The number of aromatic nitrogens is 2. The van der Waals surface area contributed by atoms with E-state index in [1.165, 1.54) is 4.68 Å². The summed E-state index contributed by atoms with van der Waals surface area (Å²) >= 11 is 0. The Morgan fingerprint density at radius 3 is 3.25 bits per heavy atom. The number of nitrogens with zero attached hydrogens (tertiary/aromatic N) is 2. The monoisotopic (exact) mass is 109 g/mol. The lowest BCUT2D eigenvalue weighted by Crippen LogP contribution is -1.97. The predicted octanol–water partition coefficient (Wildman–Crippen LogP) is -0.118. The van der Waals surface area contributed by atoms with Crippen molar-refractivity contribution >= 4 is 6.29 Å². The molecule has 0 spiro atoms. The van der Waals surface area contributed by atoms with Crippen LogP contribution in [0.2, 0.25) is 0 Å². The topological polar surface area (TPSA) is 34.9 Å². The number of hydrogen-bond acceptors (Lipinski definition) is 2. The molecule has 1 rings (SSSR count). The minimum absolute atomic E-state index is 0.323. The van der Waals surface area contributed by atoms with E-state index in [1.807, 2.05) is 0 Å². The Morgan fingerprint density at radius 2 is 2.75 bits per heavy atom. The normalized spacial score (nSPS) is 9.00. The van der Waals surface area contributed by atoms with Gasteiger partial charge >= 0.3 is 0 Å². The van der Waals surface area contributed by atoms with Crippen molar-refractivity contribution in [3.8, 4) is 0 Å². The van der Waals surface area contributed by atoms with Gasteiger partial charge in [0.15, 0.2) is 0 Å². The number of carbonyl (C=O) groups excluding carboxylic acids is 1. The molecule has 0 saturated carbocycles. The molecule has 0 amide bonds. The third kappa shape index (κ3) is 0.932. The molecule has 0 N–H and O–H groups in total. The molecule has 0 aromatic carbocycles. The van der Waals surface area contributed by atoms with Crippen LogP contribution in [0.4, 0.5) is 0 Å². The van der Waals surface area contributed by atoms with Gasteiger partial charge in [0.2, 0.25) is 0 Å². The molecule has 0 aliphatic carbocycles. The van der Waals surface area contributed by atoms with Gasteiger partial charge in [-0.05, 0) is 6.07 Å². The molecule has 1 aromatic rings. The van der Waals surface area contributed by atoms with E-state index in [4.69, 9.17) is 0 Å². The quantitative estimate of drug-likeness (QED) is 0.496. The summed E-state index contributed by atoms with van der Waals surface area (Å²) in [5, 5.41) is 3.67. The minimum Gasteiger partial charge on any atom is -0.301 e. The molecule has 0 aliphatic rings. The van der Waals surface area contributed by atoms with E-state index in [-0.39, 0.29) is 0 Å². The second kappa shape index (κ2) is 2.26. The van der Waals surface area contributed by atoms with E-state index >= 15 is 0 Å². The smallest absolute Gasteiger partial charge is 0.141 e. The predicted molar refractivity (Wildman–Crippen MR) is 27.1 cm³/mol. The Hall–Kier alpha value is -1.12. The molecule has 0 aliphatic heterocycles. The van der Waals surface area contributed by atoms with Crippen molar-refractivity contribution in [2.24, 2.45) is 0 Å². The maximum absolute atomic E-state index is 9.80. The molecule has 8 heavy (non-hydrogen) atoms.